The molecule has 126 valence electrons. The van der Waals surface area contributed by atoms with E-state index in [-0.39, 0.29) is 23.4 Å². The zero-order valence-electron chi connectivity index (χ0n) is 14.9. The molecule has 1 aromatic rings. The van der Waals surface area contributed by atoms with Gasteiger partial charge in [-0.25, -0.2) is 9.97 Å². The van der Waals surface area contributed by atoms with E-state index in [2.05, 4.69) is 28.7 Å². The summed E-state index contributed by atoms with van der Waals surface area (Å²) in [5.74, 6) is 0.729. The molecule has 3 rings (SSSR count). The van der Waals surface area contributed by atoms with Crippen molar-refractivity contribution in [1.82, 2.24) is 9.97 Å². The summed E-state index contributed by atoms with van der Waals surface area (Å²) in [5, 5.41) is 0. The van der Waals surface area contributed by atoms with Crippen LogP contribution >= 0.6 is 0 Å². The maximum Gasteiger partial charge on any atom is 0.498 e. The Balaban J connectivity index is 1.73. The summed E-state index contributed by atoms with van der Waals surface area (Å²) in [7, 11) is -0.420. The number of aromatic nitrogens is 2. The molecule has 7 heteroatoms. The Labute approximate surface area is 138 Å². The molecule has 0 N–H and O–H groups in total. The normalized spacial score (nSPS) is 29.8. The second-order valence-electron chi connectivity index (χ2n) is 7.57. The van der Waals surface area contributed by atoms with Crippen LogP contribution in [0.1, 0.15) is 41.5 Å². The van der Waals surface area contributed by atoms with Crippen LogP contribution in [0.4, 0.5) is 5.95 Å². The quantitative estimate of drug-likeness (QED) is 0.768. The van der Waals surface area contributed by atoms with Crippen LogP contribution in [-0.4, -0.2) is 53.6 Å². The van der Waals surface area contributed by atoms with Crippen molar-refractivity contribution in [1.29, 1.82) is 0 Å². The highest BCUT2D eigenvalue weighted by Crippen LogP contribution is 2.36. The topological polar surface area (TPSA) is 56.7 Å². The first-order chi connectivity index (χ1) is 10.7. The molecule has 1 aromatic heterocycles. The van der Waals surface area contributed by atoms with Gasteiger partial charge in [-0.1, -0.05) is 0 Å². The van der Waals surface area contributed by atoms with Gasteiger partial charge in [0, 0.05) is 30.9 Å². The van der Waals surface area contributed by atoms with E-state index in [4.69, 9.17) is 14.0 Å². The summed E-state index contributed by atoms with van der Waals surface area (Å²) in [5.41, 5.74) is 0.137. The van der Waals surface area contributed by atoms with E-state index in [1.54, 1.807) is 12.4 Å². The molecule has 0 radical (unpaired) electrons. The van der Waals surface area contributed by atoms with Crippen LogP contribution in [0.3, 0.4) is 0 Å². The highest BCUT2D eigenvalue weighted by molar-refractivity contribution is 6.61. The lowest BCUT2D eigenvalue weighted by molar-refractivity contribution is -0.00572. The Kier molecular flexibility index (Phi) is 4.15. The fourth-order valence-corrected chi connectivity index (χ4v) is 2.94. The fourth-order valence-electron chi connectivity index (χ4n) is 2.94. The van der Waals surface area contributed by atoms with Gasteiger partial charge >= 0.3 is 7.12 Å². The van der Waals surface area contributed by atoms with Gasteiger partial charge in [0.25, 0.3) is 0 Å². The molecule has 0 bridgehead atoms. The molecule has 0 unspecified atom stereocenters. The minimum absolute atomic E-state index is 0.185. The molecule has 2 atom stereocenters. The lowest BCUT2D eigenvalue weighted by atomic mass is 9.81. The molecule has 0 saturated carbocycles. The lowest BCUT2D eigenvalue weighted by Gasteiger charge is -2.35. The zero-order chi connectivity index (χ0) is 16.8. The Morgan fingerprint density at radius 1 is 1.00 bits per heavy atom. The van der Waals surface area contributed by atoms with Crippen LogP contribution in [0.25, 0.3) is 0 Å². The second-order valence-corrected chi connectivity index (χ2v) is 7.57. The van der Waals surface area contributed by atoms with Gasteiger partial charge in [0.2, 0.25) is 5.95 Å². The van der Waals surface area contributed by atoms with Crippen LogP contribution in [0.15, 0.2) is 12.4 Å². The van der Waals surface area contributed by atoms with E-state index < -0.39 is 7.12 Å². The van der Waals surface area contributed by atoms with E-state index >= 15 is 0 Å². The summed E-state index contributed by atoms with van der Waals surface area (Å²) in [6.07, 6.45) is 3.97. The average Bonchev–Trinajstić information content (AvgIpc) is 2.66. The minimum Gasteiger partial charge on any atom is -0.399 e. The molecule has 3 heterocycles. The molecule has 0 amide bonds. The molecule has 6 nitrogen and oxygen atoms in total. The molecule has 23 heavy (non-hydrogen) atoms. The molecular formula is C16H26BN3O3. The summed E-state index contributed by atoms with van der Waals surface area (Å²) in [6.45, 7) is 13.9. The number of anilines is 1. The van der Waals surface area contributed by atoms with Crippen LogP contribution in [0.2, 0.25) is 0 Å². The van der Waals surface area contributed by atoms with E-state index in [0.717, 1.165) is 24.5 Å². The number of nitrogens with zero attached hydrogens (tertiary/aromatic N) is 3. The van der Waals surface area contributed by atoms with Gasteiger partial charge < -0.3 is 18.9 Å². The molecular weight excluding hydrogens is 293 g/mol. The van der Waals surface area contributed by atoms with Crippen LogP contribution in [0, 0.1) is 0 Å². The van der Waals surface area contributed by atoms with Crippen molar-refractivity contribution in [2.24, 2.45) is 0 Å². The van der Waals surface area contributed by atoms with E-state index in [1.165, 1.54) is 0 Å². The van der Waals surface area contributed by atoms with Gasteiger partial charge in [-0.3, -0.25) is 0 Å². The van der Waals surface area contributed by atoms with Crippen molar-refractivity contribution in [2.45, 2.75) is 65.0 Å². The first-order valence-corrected chi connectivity index (χ1v) is 8.26. The summed E-state index contributed by atoms with van der Waals surface area (Å²) >= 11 is 0. The monoisotopic (exact) mass is 319 g/mol. The van der Waals surface area contributed by atoms with Crippen molar-refractivity contribution in [3.8, 4) is 0 Å². The van der Waals surface area contributed by atoms with Crippen molar-refractivity contribution < 1.29 is 14.0 Å². The predicted molar refractivity (Wildman–Crippen MR) is 90.0 cm³/mol. The smallest absolute Gasteiger partial charge is 0.399 e. The Morgan fingerprint density at radius 2 is 1.48 bits per heavy atom. The predicted octanol–water partition coefficient (Wildman–Crippen LogP) is 1.39. The SMILES string of the molecule is C[C@H]1CN(c2ncc(B3OC(C)(C)C(C)(C)O3)cn2)C[C@H](C)O1. The summed E-state index contributed by atoms with van der Waals surface area (Å²) in [6, 6.07) is 0. The van der Waals surface area contributed by atoms with Gasteiger partial charge in [0.15, 0.2) is 0 Å². The summed E-state index contributed by atoms with van der Waals surface area (Å²) in [4.78, 5) is 11.2. The van der Waals surface area contributed by atoms with Crippen molar-refractivity contribution in [3.05, 3.63) is 12.4 Å². The first kappa shape index (κ1) is 16.7. The van der Waals surface area contributed by atoms with E-state index in [0.29, 0.717) is 0 Å². The highest BCUT2D eigenvalue weighted by Gasteiger charge is 2.52. The zero-order valence-corrected chi connectivity index (χ0v) is 14.9. The maximum atomic E-state index is 6.03. The number of morpholine rings is 1. The maximum absolute atomic E-state index is 6.03. The Bertz CT molecular complexity index is 538. The first-order valence-electron chi connectivity index (χ1n) is 8.26. The number of ether oxygens (including phenoxy) is 1. The van der Waals surface area contributed by atoms with Gasteiger partial charge in [-0.05, 0) is 41.5 Å². The van der Waals surface area contributed by atoms with Crippen molar-refractivity contribution in [2.75, 3.05) is 18.0 Å². The molecule has 2 saturated heterocycles. The fraction of sp³-hybridized carbons (Fsp3) is 0.750. The van der Waals surface area contributed by atoms with Gasteiger partial charge in [0.1, 0.15) is 0 Å². The molecule has 0 aromatic carbocycles. The molecule has 0 aliphatic carbocycles. The van der Waals surface area contributed by atoms with Crippen molar-refractivity contribution in [3.63, 3.8) is 0 Å². The Morgan fingerprint density at radius 3 is 1.96 bits per heavy atom. The molecule has 2 aliphatic rings. The van der Waals surface area contributed by atoms with Gasteiger partial charge in [-0.2, -0.15) is 0 Å². The third-order valence-electron chi connectivity index (χ3n) is 4.89. The summed E-state index contributed by atoms with van der Waals surface area (Å²) < 4.78 is 17.8. The molecule has 2 fully saturated rings. The third-order valence-corrected chi connectivity index (χ3v) is 4.89. The van der Waals surface area contributed by atoms with Gasteiger partial charge in [-0.15, -0.1) is 0 Å². The van der Waals surface area contributed by atoms with Crippen LogP contribution < -0.4 is 10.4 Å². The van der Waals surface area contributed by atoms with E-state index in [9.17, 15) is 0 Å². The standard InChI is InChI=1S/C16H26BN3O3/c1-11-9-20(10-12(2)21-11)14-18-7-13(8-19-14)17-22-15(3,4)16(5,6)23-17/h7-8,11-12H,9-10H2,1-6H3/t11-,12-/m0/s1. The van der Waals surface area contributed by atoms with Crippen LogP contribution in [-0.2, 0) is 14.0 Å². The van der Waals surface area contributed by atoms with Crippen LogP contribution in [0.5, 0.6) is 0 Å². The molecule has 0 spiro atoms. The number of hydrogen-bond acceptors (Lipinski definition) is 6. The third kappa shape index (κ3) is 3.23. The second kappa shape index (κ2) is 5.72. The lowest BCUT2D eigenvalue weighted by Crippen LogP contribution is -2.46. The molecule has 2 aliphatic heterocycles. The number of rotatable bonds is 2. The largest absolute Gasteiger partial charge is 0.498 e. The Hall–Kier alpha value is -1.18. The highest BCUT2D eigenvalue weighted by atomic mass is 16.7. The van der Waals surface area contributed by atoms with E-state index in [1.807, 2.05) is 27.7 Å². The average molecular weight is 319 g/mol. The number of hydrogen-bond donors (Lipinski definition) is 0. The van der Waals surface area contributed by atoms with Crippen molar-refractivity contribution >= 4 is 18.5 Å². The van der Waals surface area contributed by atoms with Gasteiger partial charge in [0.05, 0.1) is 23.4 Å². The minimum atomic E-state index is -0.420.